The maximum absolute atomic E-state index is 13.1. The van der Waals surface area contributed by atoms with Gasteiger partial charge in [0.15, 0.2) is 0 Å². The summed E-state index contributed by atoms with van der Waals surface area (Å²) in [6.45, 7) is 7.25. The Hall–Kier alpha value is -1.38. The molecule has 0 aromatic heterocycles. The topological polar surface area (TPSA) is 58.6 Å². The zero-order valence-electron chi connectivity index (χ0n) is 14.8. The van der Waals surface area contributed by atoms with Crippen LogP contribution in [0.25, 0.3) is 0 Å². The van der Waals surface area contributed by atoms with Crippen LogP contribution in [0.3, 0.4) is 0 Å². The van der Waals surface area contributed by atoms with Crippen molar-refractivity contribution in [2.24, 2.45) is 5.92 Å². The monoisotopic (exact) mass is 462 g/mol. The van der Waals surface area contributed by atoms with E-state index in [0.717, 1.165) is 12.8 Å². The molecule has 1 atom stereocenters. The minimum absolute atomic E-state index is 0.184. The molecule has 1 saturated heterocycles. The number of halogens is 2. The van der Waals surface area contributed by atoms with Gasteiger partial charge in [0.2, 0.25) is 0 Å². The molecule has 7 heteroatoms. The third-order valence-corrected chi connectivity index (χ3v) is 4.79. The second-order valence-corrected chi connectivity index (χ2v) is 8.43. The molecule has 0 aliphatic carbocycles. The molecular formula is C18H24FIN2O3. The molecule has 1 aromatic rings. The van der Waals surface area contributed by atoms with Gasteiger partial charge in [-0.3, -0.25) is 4.79 Å². The fourth-order valence-electron chi connectivity index (χ4n) is 2.73. The van der Waals surface area contributed by atoms with Crippen LogP contribution in [0, 0.1) is 15.3 Å². The average Bonchev–Trinajstić information content (AvgIpc) is 2.51. The lowest BCUT2D eigenvalue weighted by molar-refractivity contribution is 0.0167. The number of likely N-dealkylation sites (tertiary alicyclic amines) is 1. The second-order valence-electron chi connectivity index (χ2n) is 7.27. The zero-order chi connectivity index (χ0) is 18.6. The molecule has 0 radical (unpaired) electrons. The summed E-state index contributed by atoms with van der Waals surface area (Å²) in [5, 5.41) is 2.89. The number of nitrogens with one attached hydrogen (secondary N) is 1. The highest BCUT2D eigenvalue weighted by Gasteiger charge is 2.27. The van der Waals surface area contributed by atoms with Crippen LogP contribution in [-0.4, -0.2) is 42.1 Å². The number of ether oxygens (including phenoxy) is 1. The molecule has 0 spiro atoms. The van der Waals surface area contributed by atoms with Crippen molar-refractivity contribution in [3.63, 3.8) is 0 Å². The van der Waals surface area contributed by atoms with Gasteiger partial charge in [0.05, 0.1) is 5.56 Å². The van der Waals surface area contributed by atoms with Gasteiger partial charge in [-0.1, -0.05) is 0 Å². The van der Waals surface area contributed by atoms with E-state index in [4.69, 9.17) is 4.74 Å². The van der Waals surface area contributed by atoms with E-state index in [9.17, 15) is 14.0 Å². The zero-order valence-corrected chi connectivity index (χ0v) is 16.9. The minimum Gasteiger partial charge on any atom is -0.444 e. The highest BCUT2D eigenvalue weighted by Crippen LogP contribution is 2.19. The standard InChI is InChI=1S/C18H24FIN2O3/c1-18(2,3)25-17(24)22-8-4-5-12(11-22)10-21-16(23)14-7-6-13(19)9-15(14)20/h6-7,9,12H,4-5,8,10-11H2,1-3H3,(H,21,23). The van der Waals surface area contributed by atoms with Crippen molar-refractivity contribution in [1.29, 1.82) is 0 Å². The second kappa shape index (κ2) is 8.33. The van der Waals surface area contributed by atoms with Gasteiger partial charge in [-0.05, 0) is 80.3 Å². The normalized spacial score (nSPS) is 18.0. The number of carbonyl (C=O) groups excluding carboxylic acids is 2. The highest BCUT2D eigenvalue weighted by atomic mass is 127. The molecule has 25 heavy (non-hydrogen) atoms. The summed E-state index contributed by atoms with van der Waals surface area (Å²) in [4.78, 5) is 26.2. The Kier molecular flexibility index (Phi) is 6.65. The van der Waals surface area contributed by atoms with Crippen LogP contribution < -0.4 is 5.32 Å². The average molecular weight is 462 g/mol. The van der Waals surface area contributed by atoms with E-state index in [1.165, 1.54) is 18.2 Å². The van der Waals surface area contributed by atoms with E-state index in [1.807, 2.05) is 43.4 Å². The number of rotatable bonds is 3. The summed E-state index contributed by atoms with van der Waals surface area (Å²) in [6.07, 6.45) is 1.52. The van der Waals surface area contributed by atoms with Gasteiger partial charge >= 0.3 is 6.09 Å². The van der Waals surface area contributed by atoms with E-state index in [1.54, 1.807) is 4.90 Å². The van der Waals surface area contributed by atoms with Crippen molar-refractivity contribution in [3.05, 3.63) is 33.1 Å². The first-order valence-electron chi connectivity index (χ1n) is 8.37. The van der Waals surface area contributed by atoms with Crippen molar-refractivity contribution >= 4 is 34.6 Å². The fourth-order valence-corrected chi connectivity index (χ4v) is 3.45. The molecule has 1 fully saturated rings. The van der Waals surface area contributed by atoms with Gasteiger partial charge in [-0.15, -0.1) is 0 Å². The summed E-state index contributed by atoms with van der Waals surface area (Å²) in [7, 11) is 0. The molecule has 0 saturated carbocycles. The van der Waals surface area contributed by atoms with Crippen molar-refractivity contribution in [2.45, 2.75) is 39.2 Å². The van der Waals surface area contributed by atoms with Crippen LogP contribution >= 0.6 is 22.6 Å². The number of hydrogen-bond donors (Lipinski definition) is 1. The van der Waals surface area contributed by atoms with E-state index in [0.29, 0.717) is 28.8 Å². The Morgan fingerprint density at radius 2 is 2.12 bits per heavy atom. The number of amides is 2. The molecule has 1 aromatic carbocycles. The van der Waals surface area contributed by atoms with Crippen LogP contribution in [0.5, 0.6) is 0 Å². The molecular weight excluding hydrogens is 438 g/mol. The van der Waals surface area contributed by atoms with Crippen molar-refractivity contribution in [2.75, 3.05) is 19.6 Å². The Bertz CT molecular complexity index is 646. The lowest BCUT2D eigenvalue weighted by Crippen LogP contribution is -2.45. The van der Waals surface area contributed by atoms with Crippen molar-refractivity contribution < 1.29 is 18.7 Å². The number of hydrogen-bond acceptors (Lipinski definition) is 3. The summed E-state index contributed by atoms with van der Waals surface area (Å²) >= 11 is 1.95. The van der Waals surface area contributed by atoms with Crippen LogP contribution in [0.15, 0.2) is 18.2 Å². The smallest absolute Gasteiger partial charge is 0.410 e. The lowest BCUT2D eigenvalue weighted by Gasteiger charge is -2.34. The number of nitrogens with zero attached hydrogens (tertiary/aromatic N) is 1. The minimum atomic E-state index is -0.516. The van der Waals surface area contributed by atoms with Gasteiger partial charge in [-0.2, -0.15) is 0 Å². The summed E-state index contributed by atoms with van der Waals surface area (Å²) < 4.78 is 19.1. The molecule has 1 N–H and O–H groups in total. The summed E-state index contributed by atoms with van der Waals surface area (Å²) in [5.74, 6) is -0.400. The molecule has 1 aliphatic rings. The van der Waals surface area contributed by atoms with Crippen molar-refractivity contribution in [1.82, 2.24) is 10.2 Å². The number of piperidine rings is 1. The van der Waals surface area contributed by atoms with Crippen LogP contribution in [-0.2, 0) is 4.74 Å². The Morgan fingerprint density at radius 1 is 1.40 bits per heavy atom. The van der Waals surface area contributed by atoms with Gasteiger partial charge in [0, 0.05) is 23.2 Å². The number of carbonyl (C=O) groups is 2. The predicted molar refractivity (Wildman–Crippen MR) is 102 cm³/mol. The molecule has 2 amide bonds. The first-order valence-corrected chi connectivity index (χ1v) is 9.45. The Morgan fingerprint density at radius 3 is 2.76 bits per heavy atom. The molecule has 1 unspecified atom stereocenters. The molecule has 1 aliphatic heterocycles. The molecule has 1 heterocycles. The summed E-state index contributed by atoms with van der Waals surface area (Å²) in [5.41, 5.74) is -0.0563. The Labute approximate surface area is 161 Å². The maximum atomic E-state index is 13.1. The van der Waals surface area contributed by atoms with Gasteiger partial charge < -0.3 is 15.0 Å². The molecule has 5 nitrogen and oxygen atoms in total. The predicted octanol–water partition coefficient (Wildman–Crippen LogP) is 3.81. The van der Waals surface area contributed by atoms with Crippen LogP contribution in [0.4, 0.5) is 9.18 Å². The first kappa shape index (κ1) is 19.9. The quantitative estimate of drug-likeness (QED) is 0.696. The van der Waals surface area contributed by atoms with Crippen LogP contribution in [0.2, 0.25) is 0 Å². The van der Waals surface area contributed by atoms with E-state index in [-0.39, 0.29) is 23.7 Å². The van der Waals surface area contributed by atoms with E-state index >= 15 is 0 Å². The third-order valence-electron chi connectivity index (χ3n) is 3.90. The van der Waals surface area contributed by atoms with Gasteiger partial charge in [0.1, 0.15) is 11.4 Å². The largest absolute Gasteiger partial charge is 0.444 e. The third kappa shape index (κ3) is 6.13. The fraction of sp³-hybridized carbons (Fsp3) is 0.556. The van der Waals surface area contributed by atoms with Crippen LogP contribution in [0.1, 0.15) is 44.0 Å². The SMILES string of the molecule is CC(C)(C)OC(=O)N1CCCC(CNC(=O)c2ccc(F)cc2I)C1. The first-order chi connectivity index (χ1) is 11.7. The molecule has 138 valence electrons. The molecule has 2 rings (SSSR count). The number of benzene rings is 1. The highest BCUT2D eigenvalue weighted by molar-refractivity contribution is 14.1. The maximum Gasteiger partial charge on any atom is 0.410 e. The van der Waals surface area contributed by atoms with Crippen molar-refractivity contribution in [3.8, 4) is 0 Å². The molecule has 0 bridgehead atoms. The van der Waals surface area contributed by atoms with Gasteiger partial charge in [-0.25, -0.2) is 9.18 Å². The summed E-state index contributed by atoms with van der Waals surface area (Å²) in [6, 6.07) is 4.10. The van der Waals surface area contributed by atoms with Gasteiger partial charge in [0.25, 0.3) is 5.91 Å². The lowest BCUT2D eigenvalue weighted by atomic mass is 9.98. The van der Waals surface area contributed by atoms with E-state index in [2.05, 4.69) is 5.32 Å². The van der Waals surface area contributed by atoms with E-state index < -0.39 is 5.60 Å². The Balaban J connectivity index is 1.88.